The van der Waals surface area contributed by atoms with Crippen molar-refractivity contribution in [2.45, 2.75) is 12.2 Å². The number of allylic oxidation sites excluding steroid dienone is 2. The van der Waals surface area contributed by atoms with E-state index in [1.54, 1.807) is 18.2 Å². The molecule has 0 bridgehead atoms. The van der Waals surface area contributed by atoms with Gasteiger partial charge in [0.05, 0.1) is 12.2 Å². The van der Waals surface area contributed by atoms with E-state index in [2.05, 4.69) is 0 Å². The molecule has 0 unspecified atom stereocenters. The smallest absolute Gasteiger partial charge is 0.200 e. The van der Waals surface area contributed by atoms with E-state index < -0.39 is 5.79 Å². The van der Waals surface area contributed by atoms with Gasteiger partial charge in [0, 0.05) is 0 Å². The number of aliphatic hydroxyl groups excluding tert-OH is 1. The van der Waals surface area contributed by atoms with Crippen molar-refractivity contribution >= 4 is 0 Å². The zero-order chi connectivity index (χ0) is 7.03. The first-order valence-corrected chi connectivity index (χ1v) is 3.16. The Morgan fingerprint density at radius 3 is 2.70 bits per heavy atom. The standard InChI is InChI=1S/C7H8O3/c8-6-2-1-3-7(4-6)9-5-10-7/h1-3,8H,4-5H2. The fourth-order valence-corrected chi connectivity index (χ4v) is 1.08. The van der Waals surface area contributed by atoms with Crippen molar-refractivity contribution in [3.63, 3.8) is 0 Å². The van der Waals surface area contributed by atoms with Gasteiger partial charge in [-0.3, -0.25) is 0 Å². The molecule has 0 aromatic heterocycles. The molecule has 1 aliphatic carbocycles. The van der Waals surface area contributed by atoms with Gasteiger partial charge in [0.1, 0.15) is 0 Å². The molecule has 3 heteroatoms. The summed E-state index contributed by atoms with van der Waals surface area (Å²) in [6.07, 6.45) is 5.61. The molecule has 2 aliphatic rings. The highest BCUT2D eigenvalue weighted by atomic mass is 16.9. The van der Waals surface area contributed by atoms with Crippen molar-refractivity contribution in [2.75, 3.05) is 6.79 Å². The van der Waals surface area contributed by atoms with Gasteiger partial charge in [0.2, 0.25) is 0 Å². The van der Waals surface area contributed by atoms with Crippen LogP contribution >= 0.6 is 0 Å². The van der Waals surface area contributed by atoms with Crippen molar-refractivity contribution in [1.29, 1.82) is 0 Å². The molecule has 0 aromatic carbocycles. The van der Waals surface area contributed by atoms with E-state index in [1.165, 1.54) is 0 Å². The summed E-state index contributed by atoms with van der Waals surface area (Å²) in [6, 6.07) is 0. The van der Waals surface area contributed by atoms with Crippen LogP contribution in [0.1, 0.15) is 6.42 Å². The molecule has 10 heavy (non-hydrogen) atoms. The predicted molar refractivity (Wildman–Crippen MR) is 34.2 cm³/mol. The monoisotopic (exact) mass is 140 g/mol. The molecule has 2 rings (SSSR count). The second kappa shape index (κ2) is 1.84. The van der Waals surface area contributed by atoms with Crippen LogP contribution in [0.15, 0.2) is 24.0 Å². The number of rotatable bonds is 0. The van der Waals surface area contributed by atoms with Crippen molar-refractivity contribution in [3.8, 4) is 0 Å². The third-order valence-electron chi connectivity index (χ3n) is 1.67. The van der Waals surface area contributed by atoms with Crippen molar-refractivity contribution in [3.05, 3.63) is 24.0 Å². The largest absolute Gasteiger partial charge is 0.512 e. The van der Waals surface area contributed by atoms with E-state index in [9.17, 15) is 0 Å². The van der Waals surface area contributed by atoms with E-state index >= 15 is 0 Å². The third-order valence-corrected chi connectivity index (χ3v) is 1.67. The van der Waals surface area contributed by atoms with Crippen LogP contribution in [0, 0.1) is 0 Å². The first-order valence-electron chi connectivity index (χ1n) is 3.16. The highest BCUT2D eigenvalue weighted by molar-refractivity contribution is 5.19. The van der Waals surface area contributed by atoms with Crippen molar-refractivity contribution in [2.24, 2.45) is 0 Å². The van der Waals surface area contributed by atoms with Crippen LogP contribution in [0.25, 0.3) is 0 Å². The summed E-state index contributed by atoms with van der Waals surface area (Å²) in [4.78, 5) is 0. The van der Waals surface area contributed by atoms with Crippen molar-refractivity contribution in [1.82, 2.24) is 0 Å². The number of hydrogen-bond donors (Lipinski definition) is 1. The van der Waals surface area contributed by atoms with Gasteiger partial charge in [-0.25, -0.2) is 0 Å². The zero-order valence-corrected chi connectivity index (χ0v) is 5.41. The van der Waals surface area contributed by atoms with E-state index in [4.69, 9.17) is 14.6 Å². The van der Waals surface area contributed by atoms with Crippen LogP contribution in [-0.4, -0.2) is 17.7 Å². The van der Waals surface area contributed by atoms with E-state index in [-0.39, 0.29) is 0 Å². The Morgan fingerprint density at radius 1 is 1.50 bits per heavy atom. The molecule has 1 heterocycles. The molecular weight excluding hydrogens is 132 g/mol. The van der Waals surface area contributed by atoms with Crippen molar-refractivity contribution < 1.29 is 14.6 Å². The van der Waals surface area contributed by atoms with Gasteiger partial charge in [-0.05, 0) is 12.2 Å². The molecule has 1 fully saturated rings. The minimum atomic E-state index is -0.626. The lowest BCUT2D eigenvalue weighted by Crippen LogP contribution is -2.46. The number of ether oxygens (including phenoxy) is 2. The maximum Gasteiger partial charge on any atom is 0.200 e. The fourth-order valence-electron chi connectivity index (χ4n) is 1.08. The zero-order valence-electron chi connectivity index (χ0n) is 5.41. The highest BCUT2D eigenvalue weighted by Gasteiger charge is 2.39. The predicted octanol–water partition coefficient (Wildman–Crippen LogP) is 1.09. The summed E-state index contributed by atoms with van der Waals surface area (Å²) < 4.78 is 10.2. The van der Waals surface area contributed by atoms with Crippen LogP contribution in [0.4, 0.5) is 0 Å². The quantitative estimate of drug-likeness (QED) is 0.547. The maximum absolute atomic E-state index is 9.06. The first-order chi connectivity index (χ1) is 4.81. The lowest BCUT2D eigenvalue weighted by atomic mass is 10.1. The Bertz CT molecular complexity index is 201. The minimum Gasteiger partial charge on any atom is -0.512 e. The Balaban J connectivity index is 2.16. The lowest BCUT2D eigenvalue weighted by Gasteiger charge is -2.39. The van der Waals surface area contributed by atoms with Crippen LogP contribution in [-0.2, 0) is 9.47 Å². The Labute approximate surface area is 58.6 Å². The summed E-state index contributed by atoms with van der Waals surface area (Å²) in [5, 5.41) is 9.06. The molecule has 0 saturated carbocycles. The van der Waals surface area contributed by atoms with Gasteiger partial charge < -0.3 is 14.6 Å². The summed E-state index contributed by atoms with van der Waals surface area (Å²) in [5.41, 5.74) is 0. The van der Waals surface area contributed by atoms with E-state index in [1.807, 2.05) is 0 Å². The normalized spacial score (nSPS) is 27.8. The molecular formula is C7H8O3. The second-order valence-corrected chi connectivity index (χ2v) is 2.41. The third kappa shape index (κ3) is 0.751. The van der Waals surface area contributed by atoms with Crippen LogP contribution in [0.5, 0.6) is 0 Å². The molecule has 1 aliphatic heterocycles. The van der Waals surface area contributed by atoms with E-state index in [0.717, 1.165) is 0 Å². The van der Waals surface area contributed by atoms with Gasteiger partial charge in [-0.1, -0.05) is 6.08 Å². The average molecular weight is 140 g/mol. The number of hydrogen-bond acceptors (Lipinski definition) is 3. The van der Waals surface area contributed by atoms with Gasteiger partial charge in [-0.2, -0.15) is 0 Å². The molecule has 0 radical (unpaired) electrons. The SMILES string of the molecule is OC1=CC=CC2(C1)OCO2. The summed E-state index contributed by atoms with van der Waals surface area (Å²) >= 11 is 0. The molecule has 0 atom stereocenters. The summed E-state index contributed by atoms with van der Waals surface area (Å²) in [5.74, 6) is -0.319. The summed E-state index contributed by atoms with van der Waals surface area (Å²) in [7, 11) is 0. The average Bonchev–Trinajstić information content (AvgIpc) is 1.85. The molecule has 0 amide bonds. The maximum atomic E-state index is 9.06. The number of aliphatic hydroxyl groups is 1. The minimum absolute atomic E-state index is 0.308. The van der Waals surface area contributed by atoms with Gasteiger partial charge in [-0.15, -0.1) is 0 Å². The van der Waals surface area contributed by atoms with Crippen LogP contribution in [0.2, 0.25) is 0 Å². The Hall–Kier alpha value is -0.800. The van der Waals surface area contributed by atoms with Gasteiger partial charge in [0.25, 0.3) is 0 Å². The second-order valence-electron chi connectivity index (χ2n) is 2.41. The molecule has 54 valence electrons. The first kappa shape index (κ1) is 5.95. The topological polar surface area (TPSA) is 38.7 Å². The molecule has 1 spiro atoms. The summed E-state index contributed by atoms with van der Waals surface area (Å²) in [6.45, 7) is 0.331. The molecule has 1 N–H and O–H groups in total. The fraction of sp³-hybridized carbons (Fsp3) is 0.429. The molecule has 0 aromatic rings. The Morgan fingerprint density at radius 2 is 2.30 bits per heavy atom. The Kier molecular flexibility index (Phi) is 1.09. The van der Waals surface area contributed by atoms with Gasteiger partial charge >= 0.3 is 0 Å². The van der Waals surface area contributed by atoms with E-state index in [0.29, 0.717) is 19.0 Å². The van der Waals surface area contributed by atoms with Crippen LogP contribution < -0.4 is 0 Å². The van der Waals surface area contributed by atoms with Crippen LogP contribution in [0.3, 0.4) is 0 Å². The molecule has 1 saturated heterocycles. The lowest BCUT2D eigenvalue weighted by molar-refractivity contribution is -0.373. The van der Waals surface area contributed by atoms with Gasteiger partial charge in [0.15, 0.2) is 12.6 Å². The molecule has 3 nitrogen and oxygen atoms in total. The highest BCUT2D eigenvalue weighted by Crippen LogP contribution is 2.33.